The number of rotatable bonds is 5. The number of carbonyl (C=O) groups excluding carboxylic acids is 1. The number of nitrogens with one attached hydrogen (secondary N) is 2. The summed E-state index contributed by atoms with van der Waals surface area (Å²) in [4.78, 5) is 26.8. The fourth-order valence-electron chi connectivity index (χ4n) is 3.18. The molecule has 134 valence electrons. The van der Waals surface area contributed by atoms with Gasteiger partial charge in [-0.1, -0.05) is 29.8 Å². The van der Waals surface area contributed by atoms with Crippen molar-refractivity contribution in [3.8, 4) is 0 Å². The predicted molar refractivity (Wildman–Crippen MR) is 100 cm³/mol. The van der Waals surface area contributed by atoms with E-state index in [2.05, 4.69) is 10.4 Å². The normalized spacial score (nSPS) is 12.1. The standard InChI is InChI=1S/C19H18ClN3O3/c1-10-14(9-17(24)23-21)15-8-12(5-6-16(15)22-10)18(19(25)26)11-3-2-4-13(20)7-11/h2-8,18,22H,9,21H2,1H3,(H,23,24)(H,25,26). The number of hydrazine groups is 1. The van der Waals surface area contributed by atoms with Crippen LogP contribution in [0.5, 0.6) is 0 Å². The van der Waals surface area contributed by atoms with Crippen LogP contribution in [0.2, 0.25) is 5.02 Å². The van der Waals surface area contributed by atoms with Crippen molar-refractivity contribution in [2.75, 3.05) is 0 Å². The molecule has 6 nitrogen and oxygen atoms in total. The number of nitrogens with two attached hydrogens (primary N) is 1. The molecule has 0 radical (unpaired) electrons. The molecule has 0 aliphatic heterocycles. The van der Waals surface area contributed by atoms with Gasteiger partial charge in [-0.25, -0.2) is 5.84 Å². The number of hydrogen-bond donors (Lipinski definition) is 4. The van der Waals surface area contributed by atoms with E-state index in [1.54, 1.807) is 36.4 Å². The highest BCUT2D eigenvalue weighted by atomic mass is 35.5. The number of carboxylic acids is 1. The number of aliphatic carboxylic acids is 1. The summed E-state index contributed by atoms with van der Waals surface area (Å²) in [6, 6.07) is 12.2. The molecule has 0 saturated heterocycles. The van der Waals surface area contributed by atoms with Crippen LogP contribution in [0.3, 0.4) is 0 Å². The lowest BCUT2D eigenvalue weighted by Crippen LogP contribution is -2.31. The van der Waals surface area contributed by atoms with Gasteiger partial charge in [0.1, 0.15) is 5.92 Å². The highest BCUT2D eigenvalue weighted by molar-refractivity contribution is 6.30. The molecule has 2 aromatic carbocycles. The second-order valence-electron chi connectivity index (χ2n) is 6.10. The smallest absolute Gasteiger partial charge is 0.315 e. The van der Waals surface area contributed by atoms with E-state index in [1.165, 1.54) is 0 Å². The van der Waals surface area contributed by atoms with Gasteiger partial charge in [0, 0.05) is 21.6 Å². The predicted octanol–water partition coefficient (Wildman–Crippen LogP) is 2.88. The molecule has 3 rings (SSSR count). The van der Waals surface area contributed by atoms with Crippen LogP contribution in [-0.4, -0.2) is 22.0 Å². The maximum absolute atomic E-state index is 11.9. The maximum Gasteiger partial charge on any atom is 0.315 e. The van der Waals surface area contributed by atoms with E-state index < -0.39 is 11.9 Å². The van der Waals surface area contributed by atoms with Gasteiger partial charge >= 0.3 is 5.97 Å². The first-order valence-electron chi connectivity index (χ1n) is 7.99. The van der Waals surface area contributed by atoms with Crippen LogP contribution >= 0.6 is 11.6 Å². The van der Waals surface area contributed by atoms with Crippen molar-refractivity contribution in [1.82, 2.24) is 10.4 Å². The number of halogens is 1. The molecule has 1 amide bonds. The molecule has 0 spiro atoms. The first-order valence-corrected chi connectivity index (χ1v) is 8.37. The second-order valence-corrected chi connectivity index (χ2v) is 6.54. The summed E-state index contributed by atoms with van der Waals surface area (Å²) in [5.74, 6) is 3.05. The molecule has 5 N–H and O–H groups in total. The Bertz CT molecular complexity index is 997. The summed E-state index contributed by atoms with van der Waals surface area (Å²) in [7, 11) is 0. The zero-order valence-corrected chi connectivity index (χ0v) is 14.8. The SMILES string of the molecule is Cc1[nH]c2ccc(C(C(=O)O)c3cccc(Cl)c3)cc2c1CC(=O)NN. The van der Waals surface area contributed by atoms with E-state index >= 15 is 0 Å². The minimum Gasteiger partial charge on any atom is -0.481 e. The average molecular weight is 372 g/mol. The van der Waals surface area contributed by atoms with Crippen LogP contribution in [0, 0.1) is 6.92 Å². The molecule has 0 aliphatic rings. The number of aromatic nitrogens is 1. The van der Waals surface area contributed by atoms with Gasteiger partial charge in [0.25, 0.3) is 0 Å². The lowest BCUT2D eigenvalue weighted by molar-refractivity contribution is -0.137. The third-order valence-electron chi connectivity index (χ3n) is 4.40. The van der Waals surface area contributed by atoms with Gasteiger partial charge in [-0.15, -0.1) is 0 Å². The number of amides is 1. The number of fused-ring (bicyclic) bond motifs is 1. The first-order chi connectivity index (χ1) is 12.4. The third kappa shape index (κ3) is 3.42. The van der Waals surface area contributed by atoms with Crippen LogP contribution in [0.4, 0.5) is 0 Å². The topological polar surface area (TPSA) is 108 Å². The van der Waals surface area contributed by atoms with Crippen molar-refractivity contribution < 1.29 is 14.7 Å². The van der Waals surface area contributed by atoms with E-state index in [0.29, 0.717) is 16.1 Å². The fraction of sp³-hybridized carbons (Fsp3) is 0.158. The minimum atomic E-state index is -0.972. The highest BCUT2D eigenvalue weighted by Crippen LogP contribution is 2.31. The summed E-state index contributed by atoms with van der Waals surface area (Å²) < 4.78 is 0. The van der Waals surface area contributed by atoms with Gasteiger partial charge in [0.05, 0.1) is 6.42 Å². The summed E-state index contributed by atoms with van der Waals surface area (Å²) in [6.45, 7) is 1.87. The van der Waals surface area contributed by atoms with Crippen LogP contribution < -0.4 is 11.3 Å². The van der Waals surface area contributed by atoms with Crippen LogP contribution in [-0.2, 0) is 16.0 Å². The molecule has 1 atom stereocenters. The summed E-state index contributed by atoms with van der Waals surface area (Å²) in [5, 5.41) is 11.1. The molecule has 1 heterocycles. The lowest BCUT2D eigenvalue weighted by Gasteiger charge is -2.14. The highest BCUT2D eigenvalue weighted by Gasteiger charge is 2.23. The summed E-state index contributed by atoms with van der Waals surface area (Å²) >= 11 is 6.02. The molecule has 7 heteroatoms. The summed E-state index contributed by atoms with van der Waals surface area (Å²) in [6.07, 6.45) is 0.112. The van der Waals surface area contributed by atoms with Crippen molar-refractivity contribution in [3.63, 3.8) is 0 Å². The number of aryl methyl sites for hydroxylation is 1. The summed E-state index contributed by atoms with van der Waals surface area (Å²) in [5.41, 5.74) is 5.80. The molecule has 1 unspecified atom stereocenters. The van der Waals surface area contributed by atoms with Gasteiger partial charge in [-0.2, -0.15) is 0 Å². The van der Waals surface area contributed by atoms with Gasteiger partial charge in [-0.05, 0) is 47.9 Å². The molecular weight excluding hydrogens is 354 g/mol. The Labute approximate surface area is 154 Å². The van der Waals surface area contributed by atoms with Crippen molar-refractivity contribution in [1.29, 1.82) is 0 Å². The molecular formula is C19H18ClN3O3. The lowest BCUT2D eigenvalue weighted by atomic mass is 9.90. The fourth-order valence-corrected chi connectivity index (χ4v) is 3.38. The van der Waals surface area contributed by atoms with E-state index in [-0.39, 0.29) is 12.3 Å². The third-order valence-corrected chi connectivity index (χ3v) is 4.64. The number of carbonyl (C=O) groups is 2. The molecule has 0 saturated carbocycles. The Hall–Kier alpha value is -2.83. The van der Waals surface area contributed by atoms with Crippen LogP contribution in [0.1, 0.15) is 28.3 Å². The number of hydrogen-bond acceptors (Lipinski definition) is 3. The number of carboxylic acid groups (broad SMARTS) is 1. The Morgan fingerprint density at radius 1 is 1.23 bits per heavy atom. The van der Waals surface area contributed by atoms with Crippen molar-refractivity contribution in [3.05, 3.63) is 69.9 Å². The largest absolute Gasteiger partial charge is 0.481 e. The average Bonchev–Trinajstić information content (AvgIpc) is 2.90. The van der Waals surface area contributed by atoms with Gasteiger partial charge in [-0.3, -0.25) is 15.0 Å². The van der Waals surface area contributed by atoms with E-state index in [1.807, 2.05) is 13.0 Å². The van der Waals surface area contributed by atoms with E-state index in [9.17, 15) is 14.7 Å². The molecule has 0 bridgehead atoms. The van der Waals surface area contributed by atoms with E-state index in [0.717, 1.165) is 22.2 Å². The molecule has 0 aliphatic carbocycles. The maximum atomic E-state index is 11.9. The van der Waals surface area contributed by atoms with Crippen LogP contribution in [0.25, 0.3) is 10.9 Å². The Morgan fingerprint density at radius 3 is 2.62 bits per heavy atom. The first kappa shape index (κ1) is 18.0. The Balaban J connectivity index is 2.13. The molecule has 3 aromatic rings. The molecule has 0 fully saturated rings. The van der Waals surface area contributed by atoms with Gasteiger partial charge < -0.3 is 10.1 Å². The molecule has 1 aromatic heterocycles. The van der Waals surface area contributed by atoms with Crippen LogP contribution in [0.15, 0.2) is 42.5 Å². The van der Waals surface area contributed by atoms with Gasteiger partial charge in [0.15, 0.2) is 0 Å². The van der Waals surface area contributed by atoms with Crippen molar-refractivity contribution >= 4 is 34.4 Å². The zero-order valence-electron chi connectivity index (χ0n) is 14.0. The van der Waals surface area contributed by atoms with E-state index in [4.69, 9.17) is 17.4 Å². The number of benzene rings is 2. The zero-order chi connectivity index (χ0) is 18.8. The number of H-pyrrole nitrogens is 1. The second kappa shape index (κ2) is 7.19. The van der Waals surface area contributed by atoms with Crippen molar-refractivity contribution in [2.45, 2.75) is 19.3 Å². The monoisotopic (exact) mass is 371 g/mol. The molecule has 26 heavy (non-hydrogen) atoms. The quantitative estimate of drug-likeness (QED) is 0.314. The van der Waals surface area contributed by atoms with Gasteiger partial charge in [0.2, 0.25) is 5.91 Å². The minimum absolute atomic E-state index is 0.112. The Kier molecular flexibility index (Phi) is 4.97. The Morgan fingerprint density at radius 2 is 1.96 bits per heavy atom. The number of aromatic amines is 1. The van der Waals surface area contributed by atoms with Crippen molar-refractivity contribution in [2.24, 2.45) is 5.84 Å².